The van der Waals surface area contributed by atoms with Gasteiger partial charge < -0.3 is 19.5 Å². The molecule has 138 valence electrons. The van der Waals surface area contributed by atoms with E-state index in [0.717, 1.165) is 63.2 Å². The predicted octanol–water partition coefficient (Wildman–Crippen LogP) is 1.38. The van der Waals surface area contributed by atoms with E-state index in [1.807, 2.05) is 19.9 Å². The smallest absolute Gasteiger partial charge is 0.263 e. The third-order valence-electron chi connectivity index (χ3n) is 5.67. The molecule has 1 aromatic heterocycles. The first-order valence-corrected chi connectivity index (χ1v) is 9.27. The van der Waals surface area contributed by atoms with E-state index in [9.17, 15) is 9.59 Å². The van der Waals surface area contributed by atoms with Crippen LogP contribution < -0.4 is 10.9 Å². The number of piperidine rings is 1. The largest absolute Gasteiger partial charge is 0.381 e. The highest BCUT2D eigenvalue weighted by molar-refractivity contribution is 5.95. The van der Waals surface area contributed by atoms with Crippen LogP contribution in [0, 0.1) is 13.8 Å². The molecule has 6 nitrogen and oxygen atoms in total. The van der Waals surface area contributed by atoms with Crippen molar-refractivity contribution in [2.24, 2.45) is 7.05 Å². The van der Waals surface area contributed by atoms with Crippen LogP contribution in [-0.4, -0.2) is 53.8 Å². The number of amides is 1. The predicted molar refractivity (Wildman–Crippen MR) is 97.1 cm³/mol. The molecule has 3 rings (SSSR count). The molecule has 25 heavy (non-hydrogen) atoms. The summed E-state index contributed by atoms with van der Waals surface area (Å²) in [4.78, 5) is 27.6. The number of hydrogen-bond donors (Lipinski definition) is 1. The molecule has 0 spiro atoms. The summed E-state index contributed by atoms with van der Waals surface area (Å²) in [6.45, 7) is 7.43. The summed E-state index contributed by atoms with van der Waals surface area (Å²) in [5.41, 5.74) is 1.68. The Labute approximate surface area is 149 Å². The Morgan fingerprint density at radius 2 is 1.80 bits per heavy atom. The summed E-state index contributed by atoms with van der Waals surface area (Å²) >= 11 is 0. The van der Waals surface area contributed by atoms with Crippen LogP contribution in [0.2, 0.25) is 0 Å². The van der Waals surface area contributed by atoms with Crippen molar-refractivity contribution in [1.82, 2.24) is 14.8 Å². The quantitative estimate of drug-likeness (QED) is 0.897. The second-order valence-electron chi connectivity index (χ2n) is 7.34. The van der Waals surface area contributed by atoms with Crippen LogP contribution in [0.15, 0.2) is 10.9 Å². The van der Waals surface area contributed by atoms with Gasteiger partial charge in [-0.2, -0.15) is 0 Å². The summed E-state index contributed by atoms with van der Waals surface area (Å²) < 4.78 is 6.98. The molecule has 0 bridgehead atoms. The van der Waals surface area contributed by atoms with Crippen molar-refractivity contribution in [3.05, 3.63) is 33.2 Å². The molecule has 3 heterocycles. The topological polar surface area (TPSA) is 63.6 Å². The summed E-state index contributed by atoms with van der Waals surface area (Å²) in [6.07, 6.45) is 4.09. The fraction of sp³-hybridized carbons (Fsp3) is 0.684. The van der Waals surface area contributed by atoms with Gasteiger partial charge in [-0.1, -0.05) is 0 Å². The number of carbonyl (C=O) groups excluding carboxylic acids is 1. The molecule has 2 aliphatic heterocycles. The van der Waals surface area contributed by atoms with Gasteiger partial charge in [0.1, 0.15) is 5.56 Å². The zero-order valence-corrected chi connectivity index (χ0v) is 15.5. The zero-order chi connectivity index (χ0) is 18.0. The van der Waals surface area contributed by atoms with Crippen molar-refractivity contribution in [2.75, 3.05) is 26.3 Å². The summed E-state index contributed by atoms with van der Waals surface area (Å²) in [5, 5.41) is 3.08. The van der Waals surface area contributed by atoms with Crippen LogP contribution in [0.25, 0.3) is 0 Å². The van der Waals surface area contributed by atoms with Crippen molar-refractivity contribution >= 4 is 5.91 Å². The summed E-state index contributed by atoms with van der Waals surface area (Å²) in [6, 6.07) is 2.66. The fourth-order valence-corrected chi connectivity index (χ4v) is 3.97. The molecular weight excluding hydrogens is 318 g/mol. The maximum atomic E-state index is 12.6. The van der Waals surface area contributed by atoms with Gasteiger partial charge in [0.05, 0.1) is 0 Å². The van der Waals surface area contributed by atoms with E-state index in [-0.39, 0.29) is 23.1 Å². The lowest BCUT2D eigenvalue weighted by Gasteiger charge is -2.39. The van der Waals surface area contributed by atoms with Crippen molar-refractivity contribution in [3.8, 4) is 0 Å². The van der Waals surface area contributed by atoms with Gasteiger partial charge in [-0.15, -0.1) is 0 Å². The van der Waals surface area contributed by atoms with E-state index >= 15 is 0 Å². The van der Waals surface area contributed by atoms with Crippen molar-refractivity contribution < 1.29 is 9.53 Å². The highest BCUT2D eigenvalue weighted by Gasteiger charge is 2.28. The Morgan fingerprint density at radius 1 is 1.16 bits per heavy atom. The molecule has 0 atom stereocenters. The van der Waals surface area contributed by atoms with Gasteiger partial charge in [-0.3, -0.25) is 9.59 Å². The van der Waals surface area contributed by atoms with E-state index in [1.165, 1.54) is 4.57 Å². The molecule has 0 radical (unpaired) electrons. The van der Waals surface area contributed by atoms with Crippen LogP contribution in [0.1, 0.15) is 47.3 Å². The van der Waals surface area contributed by atoms with Gasteiger partial charge in [0.25, 0.3) is 11.5 Å². The molecule has 2 saturated heterocycles. The molecule has 1 N–H and O–H groups in total. The SMILES string of the molecule is Cc1cc(C)n(C)c(=O)c1C(=O)NC1CCN(C2CCOCC2)CC1. The molecule has 1 aromatic rings. The highest BCUT2D eigenvalue weighted by Crippen LogP contribution is 2.20. The van der Waals surface area contributed by atoms with E-state index < -0.39 is 0 Å². The van der Waals surface area contributed by atoms with Gasteiger partial charge in [-0.05, 0) is 51.2 Å². The molecule has 0 saturated carbocycles. The lowest BCUT2D eigenvalue weighted by molar-refractivity contribution is 0.0238. The molecule has 6 heteroatoms. The first-order chi connectivity index (χ1) is 12.0. The van der Waals surface area contributed by atoms with Crippen molar-refractivity contribution in [1.29, 1.82) is 0 Å². The minimum Gasteiger partial charge on any atom is -0.381 e. The second-order valence-corrected chi connectivity index (χ2v) is 7.34. The monoisotopic (exact) mass is 347 g/mol. The molecule has 1 amide bonds. The van der Waals surface area contributed by atoms with Crippen molar-refractivity contribution in [3.63, 3.8) is 0 Å². The molecule has 0 aromatic carbocycles. The average Bonchev–Trinajstić information content (AvgIpc) is 2.61. The van der Waals surface area contributed by atoms with Crippen LogP contribution >= 0.6 is 0 Å². The number of likely N-dealkylation sites (tertiary alicyclic amines) is 1. The number of pyridine rings is 1. The lowest BCUT2D eigenvalue weighted by Crippen LogP contribution is -2.50. The van der Waals surface area contributed by atoms with Crippen molar-refractivity contribution in [2.45, 2.75) is 51.6 Å². The lowest BCUT2D eigenvalue weighted by atomic mass is 9.99. The Hall–Kier alpha value is -1.66. The molecule has 2 aliphatic rings. The number of nitrogens with one attached hydrogen (secondary N) is 1. The van der Waals surface area contributed by atoms with E-state index in [0.29, 0.717) is 6.04 Å². The highest BCUT2D eigenvalue weighted by atomic mass is 16.5. The number of carbonyl (C=O) groups is 1. The Balaban J connectivity index is 1.60. The Kier molecular flexibility index (Phi) is 5.59. The average molecular weight is 347 g/mol. The number of hydrogen-bond acceptors (Lipinski definition) is 4. The third kappa shape index (κ3) is 3.96. The fourth-order valence-electron chi connectivity index (χ4n) is 3.97. The minimum atomic E-state index is -0.234. The number of aryl methyl sites for hydroxylation is 2. The summed E-state index contributed by atoms with van der Waals surface area (Å²) in [7, 11) is 1.71. The number of ether oxygens (including phenoxy) is 1. The molecule has 2 fully saturated rings. The first-order valence-electron chi connectivity index (χ1n) is 9.27. The van der Waals surface area contributed by atoms with Gasteiger partial charge in [0.2, 0.25) is 0 Å². The van der Waals surface area contributed by atoms with Crippen LogP contribution in [-0.2, 0) is 11.8 Å². The maximum absolute atomic E-state index is 12.6. The van der Waals surface area contributed by atoms with Gasteiger partial charge in [0, 0.05) is 51.1 Å². The Bertz CT molecular complexity index is 684. The van der Waals surface area contributed by atoms with Crippen LogP contribution in [0.3, 0.4) is 0 Å². The normalized spacial score (nSPS) is 20.6. The maximum Gasteiger partial charge on any atom is 0.263 e. The van der Waals surface area contributed by atoms with Gasteiger partial charge >= 0.3 is 0 Å². The van der Waals surface area contributed by atoms with Gasteiger partial charge in [0.15, 0.2) is 0 Å². The number of nitrogens with zero attached hydrogens (tertiary/aromatic N) is 2. The third-order valence-corrected chi connectivity index (χ3v) is 5.67. The first kappa shape index (κ1) is 18.1. The molecule has 0 aliphatic carbocycles. The number of rotatable bonds is 3. The molecule has 0 unspecified atom stereocenters. The Morgan fingerprint density at radius 3 is 2.44 bits per heavy atom. The molecular formula is C19H29N3O3. The van der Waals surface area contributed by atoms with Crippen LogP contribution in [0.4, 0.5) is 0 Å². The van der Waals surface area contributed by atoms with E-state index in [1.54, 1.807) is 7.05 Å². The van der Waals surface area contributed by atoms with E-state index in [2.05, 4.69) is 10.2 Å². The van der Waals surface area contributed by atoms with E-state index in [4.69, 9.17) is 4.74 Å². The second kappa shape index (κ2) is 7.70. The van der Waals surface area contributed by atoms with Crippen LogP contribution in [0.5, 0.6) is 0 Å². The summed E-state index contributed by atoms with van der Waals surface area (Å²) in [5.74, 6) is -0.234. The standard InChI is InChI=1S/C19H29N3O3/c1-13-12-14(2)21(3)19(24)17(13)18(23)20-15-4-8-22(9-5-15)16-6-10-25-11-7-16/h12,15-16H,4-11H2,1-3H3,(H,20,23). The minimum absolute atomic E-state index is 0.147. The zero-order valence-electron chi connectivity index (χ0n) is 15.5. The number of aromatic nitrogens is 1. The van der Waals surface area contributed by atoms with Gasteiger partial charge in [-0.25, -0.2) is 0 Å².